The Bertz CT molecular complexity index is 800. The zero-order chi connectivity index (χ0) is 17.3. The number of benzene rings is 2. The van der Waals surface area contributed by atoms with Crippen molar-refractivity contribution < 1.29 is 0 Å². The molecule has 2 aromatic carbocycles. The van der Waals surface area contributed by atoms with Crippen molar-refractivity contribution in [2.45, 2.75) is 16.8 Å². The molecule has 1 unspecified atom stereocenters. The lowest BCUT2D eigenvalue weighted by Gasteiger charge is -2.20. The minimum atomic E-state index is 0.301. The highest BCUT2D eigenvalue weighted by Crippen LogP contribution is 2.43. The lowest BCUT2D eigenvalue weighted by Crippen LogP contribution is -2.35. The Labute approximate surface area is 147 Å². The van der Waals surface area contributed by atoms with Crippen molar-refractivity contribution in [3.05, 3.63) is 55.1 Å². The average molecular weight is 338 g/mol. The maximum absolute atomic E-state index is 5.83. The van der Waals surface area contributed by atoms with Crippen molar-refractivity contribution in [2.24, 2.45) is 10.7 Å². The van der Waals surface area contributed by atoms with Crippen LogP contribution in [-0.2, 0) is 6.42 Å². The number of thioether (sulfide) groups is 1. The third-order valence-corrected chi connectivity index (χ3v) is 5.60. The van der Waals surface area contributed by atoms with E-state index in [1.54, 1.807) is 0 Å². The van der Waals surface area contributed by atoms with Gasteiger partial charge in [-0.1, -0.05) is 30.0 Å². The molecule has 0 bridgehead atoms. The molecule has 0 amide bonds. The van der Waals surface area contributed by atoms with Crippen LogP contribution < -0.4 is 16.0 Å². The largest absolute Gasteiger partial charge is 0.387 e. The molecule has 4 rings (SSSR count). The Balaban J connectivity index is 0.000000815. The van der Waals surface area contributed by atoms with E-state index in [4.69, 9.17) is 5.73 Å². The smallest absolute Gasteiger partial charge is 0.132 e. The van der Waals surface area contributed by atoms with Crippen LogP contribution in [0.2, 0.25) is 0 Å². The first-order chi connectivity index (χ1) is 11.7. The predicted molar refractivity (Wildman–Crippen MR) is 105 cm³/mol. The lowest BCUT2D eigenvalue weighted by molar-refractivity contribution is 0.733. The summed E-state index contributed by atoms with van der Waals surface area (Å²) in [4.78, 5) is 8.01. The zero-order valence-electron chi connectivity index (χ0n) is 14.0. The predicted octanol–water partition coefficient (Wildman–Crippen LogP) is 3.75. The van der Waals surface area contributed by atoms with Crippen molar-refractivity contribution in [1.82, 2.24) is 5.32 Å². The quantitative estimate of drug-likeness (QED) is 0.819. The average Bonchev–Trinajstić information content (AvgIpc) is 3.14. The number of amidine groups is 1. The molecule has 0 saturated carbocycles. The highest BCUT2D eigenvalue weighted by Gasteiger charge is 2.26. The summed E-state index contributed by atoms with van der Waals surface area (Å²) in [7, 11) is 4.11. The van der Waals surface area contributed by atoms with Gasteiger partial charge in [0.15, 0.2) is 0 Å². The fourth-order valence-electron chi connectivity index (χ4n) is 3.04. The molecule has 0 saturated heterocycles. The Morgan fingerprint density at radius 3 is 2.67 bits per heavy atom. The highest BCUT2D eigenvalue weighted by molar-refractivity contribution is 8.00. The van der Waals surface area contributed by atoms with Crippen LogP contribution in [0.25, 0.3) is 11.1 Å². The standard InChI is InChI=1S/C17H18N4S.C2H4/c1-19-17-21(2)14-8-11(5-6-15(14)22-17)10-3-4-12-9-16(18)20-13(12)7-10;1-2/h3-8,17,19H,9H2,1-2H3,(H2,18,20);1-2H2. The van der Waals surface area contributed by atoms with Gasteiger partial charge in [0.05, 0.1) is 11.4 Å². The van der Waals surface area contributed by atoms with Crippen LogP contribution >= 0.6 is 11.8 Å². The van der Waals surface area contributed by atoms with E-state index in [1.807, 2.05) is 18.8 Å². The monoisotopic (exact) mass is 338 g/mol. The molecular weight excluding hydrogens is 316 g/mol. The van der Waals surface area contributed by atoms with Gasteiger partial charge < -0.3 is 10.6 Å². The molecule has 0 aliphatic carbocycles. The second-order valence-electron chi connectivity index (χ2n) is 5.68. The summed E-state index contributed by atoms with van der Waals surface area (Å²) in [6, 6.07) is 13.1. The van der Waals surface area contributed by atoms with Crippen molar-refractivity contribution in [3.63, 3.8) is 0 Å². The van der Waals surface area contributed by atoms with Gasteiger partial charge in [-0.05, 0) is 41.9 Å². The van der Waals surface area contributed by atoms with E-state index in [0.29, 0.717) is 11.3 Å². The fraction of sp³-hybridized carbons (Fsp3) is 0.211. The van der Waals surface area contributed by atoms with Crippen LogP contribution in [0.4, 0.5) is 11.4 Å². The zero-order valence-corrected chi connectivity index (χ0v) is 14.9. The van der Waals surface area contributed by atoms with Crippen LogP contribution in [-0.4, -0.2) is 25.4 Å². The molecule has 1 atom stereocenters. The molecule has 24 heavy (non-hydrogen) atoms. The number of nitrogens with one attached hydrogen (secondary N) is 1. The minimum Gasteiger partial charge on any atom is -0.387 e. The molecule has 2 aliphatic rings. The molecule has 0 radical (unpaired) electrons. The van der Waals surface area contributed by atoms with Crippen LogP contribution in [0.15, 0.2) is 59.4 Å². The molecule has 5 heteroatoms. The second-order valence-corrected chi connectivity index (χ2v) is 6.80. The van der Waals surface area contributed by atoms with E-state index >= 15 is 0 Å². The maximum atomic E-state index is 5.83. The van der Waals surface area contributed by atoms with Gasteiger partial charge in [0.25, 0.3) is 0 Å². The molecule has 0 aromatic heterocycles. The summed E-state index contributed by atoms with van der Waals surface area (Å²) >= 11 is 1.84. The van der Waals surface area contributed by atoms with Gasteiger partial charge in [-0.2, -0.15) is 0 Å². The summed E-state index contributed by atoms with van der Waals surface area (Å²) in [6.45, 7) is 6.00. The van der Waals surface area contributed by atoms with Crippen molar-refractivity contribution in [3.8, 4) is 11.1 Å². The Morgan fingerprint density at radius 2 is 1.92 bits per heavy atom. The van der Waals surface area contributed by atoms with Gasteiger partial charge in [0.2, 0.25) is 0 Å². The number of aliphatic imine (C=N–C) groups is 1. The van der Waals surface area contributed by atoms with Gasteiger partial charge in [0.1, 0.15) is 11.3 Å². The lowest BCUT2D eigenvalue weighted by atomic mass is 10.0. The van der Waals surface area contributed by atoms with Gasteiger partial charge in [-0.3, -0.25) is 5.32 Å². The van der Waals surface area contributed by atoms with Gasteiger partial charge in [-0.25, -0.2) is 4.99 Å². The van der Waals surface area contributed by atoms with E-state index in [1.165, 1.54) is 27.3 Å². The maximum Gasteiger partial charge on any atom is 0.132 e. The van der Waals surface area contributed by atoms with Crippen molar-refractivity contribution in [1.29, 1.82) is 0 Å². The first kappa shape index (κ1) is 16.6. The van der Waals surface area contributed by atoms with E-state index < -0.39 is 0 Å². The topological polar surface area (TPSA) is 53.6 Å². The SMILES string of the molecule is C=C.CNC1Sc2ccc(-c3ccc4c(c3)N=C(N)C4)cc2N1C. The van der Waals surface area contributed by atoms with Crippen molar-refractivity contribution in [2.75, 3.05) is 19.0 Å². The number of nitrogens with two attached hydrogens (primary N) is 1. The summed E-state index contributed by atoms with van der Waals surface area (Å²) in [6.07, 6.45) is 0.767. The second kappa shape index (κ2) is 6.71. The molecule has 0 spiro atoms. The van der Waals surface area contributed by atoms with Crippen molar-refractivity contribution >= 4 is 29.0 Å². The third kappa shape index (κ3) is 2.81. The first-order valence-electron chi connectivity index (χ1n) is 7.83. The fourth-order valence-corrected chi connectivity index (χ4v) is 4.14. The number of hydrogen-bond acceptors (Lipinski definition) is 5. The van der Waals surface area contributed by atoms with Crippen LogP contribution in [0.5, 0.6) is 0 Å². The van der Waals surface area contributed by atoms with Gasteiger partial charge in [-0.15, -0.1) is 13.2 Å². The molecule has 3 N–H and O–H groups in total. The summed E-state index contributed by atoms with van der Waals surface area (Å²) < 4.78 is 0. The number of nitrogens with zero attached hydrogens (tertiary/aromatic N) is 2. The summed E-state index contributed by atoms with van der Waals surface area (Å²) in [5.41, 5.74) is 12.0. The van der Waals surface area contributed by atoms with E-state index in [9.17, 15) is 0 Å². The summed E-state index contributed by atoms with van der Waals surface area (Å²) in [5, 5.41) is 3.32. The van der Waals surface area contributed by atoms with Gasteiger partial charge in [0, 0.05) is 18.4 Å². The molecular formula is C19H22N4S. The van der Waals surface area contributed by atoms with Gasteiger partial charge >= 0.3 is 0 Å². The first-order valence-corrected chi connectivity index (χ1v) is 8.71. The number of fused-ring (bicyclic) bond motifs is 2. The Kier molecular flexibility index (Phi) is 4.64. The van der Waals surface area contributed by atoms with Crippen LogP contribution in [0, 0.1) is 0 Å². The Morgan fingerprint density at radius 1 is 1.21 bits per heavy atom. The molecule has 0 fully saturated rings. The molecule has 2 heterocycles. The van der Waals surface area contributed by atoms with Crippen LogP contribution in [0.1, 0.15) is 5.56 Å². The third-order valence-electron chi connectivity index (χ3n) is 4.23. The minimum absolute atomic E-state index is 0.301. The molecule has 124 valence electrons. The summed E-state index contributed by atoms with van der Waals surface area (Å²) in [5.74, 6) is 0.703. The Hall–Kier alpha value is -2.24. The molecule has 2 aliphatic heterocycles. The molecule has 4 nitrogen and oxygen atoms in total. The number of hydrogen-bond donors (Lipinski definition) is 2. The van der Waals surface area contributed by atoms with E-state index in [0.717, 1.165) is 12.1 Å². The highest BCUT2D eigenvalue weighted by atomic mass is 32.2. The van der Waals surface area contributed by atoms with E-state index in [-0.39, 0.29) is 0 Å². The van der Waals surface area contributed by atoms with E-state index in [2.05, 4.69) is 71.8 Å². The molecule has 2 aromatic rings. The normalized spacial score (nSPS) is 17.7. The number of anilines is 1. The van der Waals surface area contributed by atoms with Crippen LogP contribution in [0.3, 0.4) is 0 Å². The number of rotatable bonds is 2.